The molecule has 6 heteroatoms. The summed E-state index contributed by atoms with van der Waals surface area (Å²) in [4.78, 5) is 11.8. The molecule has 4 rings (SSSR count). The van der Waals surface area contributed by atoms with E-state index in [9.17, 15) is 0 Å². The molecular formula is C16H19N5O. The average molecular weight is 297 g/mol. The van der Waals surface area contributed by atoms with E-state index >= 15 is 0 Å². The largest absolute Gasteiger partial charge is 0.491 e. The third kappa shape index (κ3) is 2.35. The molecule has 0 amide bonds. The maximum atomic E-state index is 6.08. The van der Waals surface area contributed by atoms with Crippen molar-refractivity contribution < 1.29 is 4.74 Å². The monoisotopic (exact) mass is 297 g/mol. The Morgan fingerprint density at radius 1 is 1.32 bits per heavy atom. The lowest BCUT2D eigenvalue weighted by Crippen LogP contribution is -2.38. The average Bonchev–Trinajstić information content (AvgIpc) is 2.92. The quantitative estimate of drug-likeness (QED) is 0.690. The van der Waals surface area contributed by atoms with Crippen molar-refractivity contribution in [2.45, 2.75) is 25.3 Å². The molecule has 6 nitrogen and oxygen atoms in total. The van der Waals surface area contributed by atoms with Gasteiger partial charge >= 0.3 is 0 Å². The molecule has 3 aromatic heterocycles. The molecule has 4 heterocycles. The fourth-order valence-corrected chi connectivity index (χ4v) is 3.08. The zero-order valence-electron chi connectivity index (χ0n) is 12.3. The molecule has 4 N–H and O–H groups in total. The van der Waals surface area contributed by atoms with E-state index in [1.807, 2.05) is 12.1 Å². The van der Waals surface area contributed by atoms with Crippen molar-refractivity contribution in [1.82, 2.24) is 20.3 Å². The van der Waals surface area contributed by atoms with E-state index < -0.39 is 0 Å². The summed E-state index contributed by atoms with van der Waals surface area (Å²) in [7, 11) is 0. The predicted octanol–water partition coefficient (Wildman–Crippen LogP) is 2.21. The van der Waals surface area contributed by atoms with Crippen molar-refractivity contribution in [1.29, 1.82) is 0 Å². The number of piperidine rings is 1. The number of anilines is 1. The van der Waals surface area contributed by atoms with Crippen LogP contribution in [0.15, 0.2) is 24.5 Å². The van der Waals surface area contributed by atoms with Gasteiger partial charge in [0.1, 0.15) is 23.8 Å². The van der Waals surface area contributed by atoms with E-state index in [2.05, 4.69) is 20.3 Å². The molecule has 0 bridgehead atoms. The topological polar surface area (TPSA) is 88.9 Å². The highest BCUT2D eigenvalue weighted by atomic mass is 16.5. The summed E-state index contributed by atoms with van der Waals surface area (Å²) in [6.45, 7) is 1.75. The van der Waals surface area contributed by atoms with Gasteiger partial charge in [0.05, 0.1) is 17.1 Å². The molecule has 0 aliphatic carbocycles. The number of nitrogens with two attached hydrogens (primary N) is 1. The lowest BCUT2D eigenvalue weighted by Gasteiger charge is -2.23. The van der Waals surface area contributed by atoms with Gasteiger partial charge in [-0.25, -0.2) is 9.97 Å². The smallest absolute Gasteiger partial charge is 0.142 e. The molecule has 0 unspecified atom stereocenters. The number of nitrogen functional groups attached to an aromatic ring is 1. The molecular weight excluding hydrogens is 278 g/mol. The summed E-state index contributed by atoms with van der Waals surface area (Å²) >= 11 is 0. The number of ether oxygens (including phenoxy) is 1. The summed E-state index contributed by atoms with van der Waals surface area (Å²) in [6, 6.07) is 4.20. The van der Waals surface area contributed by atoms with Crippen LogP contribution in [0.3, 0.4) is 0 Å². The number of nitrogens with zero attached hydrogens (tertiary/aromatic N) is 2. The first kappa shape index (κ1) is 13.3. The number of rotatable bonds is 3. The van der Waals surface area contributed by atoms with Crippen molar-refractivity contribution in [3.63, 3.8) is 0 Å². The van der Waals surface area contributed by atoms with Gasteiger partial charge in [-0.05, 0) is 31.5 Å². The number of fused-ring (bicyclic) bond motifs is 3. The Morgan fingerprint density at radius 3 is 3.14 bits per heavy atom. The third-order valence-corrected chi connectivity index (χ3v) is 4.21. The summed E-state index contributed by atoms with van der Waals surface area (Å²) in [5, 5.41) is 5.48. The van der Waals surface area contributed by atoms with Gasteiger partial charge in [-0.3, -0.25) is 0 Å². The normalized spacial score (nSPS) is 18.8. The minimum Gasteiger partial charge on any atom is -0.491 e. The van der Waals surface area contributed by atoms with Crippen molar-refractivity contribution in [3.05, 3.63) is 24.5 Å². The Labute approximate surface area is 128 Å². The molecule has 114 valence electrons. The minimum absolute atomic E-state index is 0.425. The first-order valence-electron chi connectivity index (χ1n) is 7.69. The van der Waals surface area contributed by atoms with Crippen LogP contribution in [0.2, 0.25) is 0 Å². The standard InChI is InChI=1S/C16H19N5O/c17-14-7-11-12(8-20-14)21-16-15(11)13(4-6-19-16)22-9-10-3-1-2-5-18-10/h4,6-8,10,18H,1-3,5,9H2,(H2,17,20)(H,19,21)/t10-/m0/s1. The zero-order valence-corrected chi connectivity index (χ0v) is 12.3. The molecule has 1 fully saturated rings. The second-order valence-corrected chi connectivity index (χ2v) is 5.77. The van der Waals surface area contributed by atoms with Gasteiger partial charge in [-0.15, -0.1) is 0 Å². The Bertz CT molecular complexity index is 807. The number of H-pyrrole nitrogens is 1. The van der Waals surface area contributed by atoms with Gasteiger partial charge in [-0.1, -0.05) is 6.42 Å². The molecule has 0 radical (unpaired) electrons. The number of aromatic nitrogens is 3. The lowest BCUT2D eigenvalue weighted by atomic mass is 10.1. The predicted molar refractivity (Wildman–Crippen MR) is 86.9 cm³/mol. The highest BCUT2D eigenvalue weighted by Crippen LogP contribution is 2.32. The molecule has 1 aliphatic heterocycles. The maximum Gasteiger partial charge on any atom is 0.142 e. The molecule has 3 aromatic rings. The Balaban J connectivity index is 1.70. The zero-order chi connectivity index (χ0) is 14.9. The molecule has 0 saturated carbocycles. The van der Waals surface area contributed by atoms with Crippen LogP contribution in [-0.2, 0) is 0 Å². The summed E-state index contributed by atoms with van der Waals surface area (Å²) in [5.74, 6) is 1.34. The second-order valence-electron chi connectivity index (χ2n) is 5.77. The van der Waals surface area contributed by atoms with Crippen molar-refractivity contribution in [2.75, 3.05) is 18.9 Å². The van der Waals surface area contributed by atoms with E-state index in [1.54, 1.807) is 12.4 Å². The van der Waals surface area contributed by atoms with Crippen LogP contribution in [0.1, 0.15) is 19.3 Å². The third-order valence-electron chi connectivity index (χ3n) is 4.21. The Morgan fingerprint density at radius 2 is 2.27 bits per heavy atom. The minimum atomic E-state index is 0.425. The lowest BCUT2D eigenvalue weighted by molar-refractivity contribution is 0.241. The van der Waals surface area contributed by atoms with E-state index in [4.69, 9.17) is 10.5 Å². The Hall–Kier alpha value is -2.34. The molecule has 1 saturated heterocycles. The summed E-state index contributed by atoms with van der Waals surface area (Å²) in [5.41, 5.74) is 7.54. The highest BCUT2D eigenvalue weighted by Gasteiger charge is 2.16. The fourth-order valence-electron chi connectivity index (χ4n) is 3.08. The van der Waals surface area contributed by atoms with Gasteiger partial charge in [0.15, 0.2) is 0 Å². The van der Waals surface area contributed by atoms with Crippen LogP contribution in [0.4, 0.5) is 5.82 Å². The van der Waals surface area contributed by atoms with Crippen molar-refractivity contribution in [3.8, 4) is 5.75 Å². The molecule has 0 aromatic carbocycles. The molecule has 1 atom stereocenters. The second kappa shape index (κ2) is 5.46. The van der Waals surface area contributed by atoms with Crippen LogP contribution in [0.5, 0.6) is 5.75 Å². The number of aromatic amines is 1. The van der Waals surface area contributed by atoms with Crippen molar-refractivity contribution >= 4 is 27.8 Å². The van der Waals surface area contributed by atoms with Crippen LogP contribution >= 0.6 is 0 Å². The van der Waals surface area contributed by atoms with Gasteiger partial charge in [0.2, 0.25) is 0 Å². The van der Waals surface area contributed by atoms with E-state index in [1.165, 1.54) is 19.3 Å². The van der Waals surface area contributed by atoms with Crippen molar-refractivity contribution in [2.24, 2.45) is 0 Å². The van der Waals surface area contributed by atoms with E-state index in [0.29, 0.717) is 18.5 Å². The number of hydrogen-bond donors (Lipinski definition) is 3. The van der Waals surface area contributed by atoms with Gasteiger partial charge in [0.25, 0.3) is 0 Å². The number of hydrogen-bond acceptors (Lipinski definition) is 5. The van der Waals surface area contributed by atoms with Crippen LogP contribution in [0, 0.1) is 0 Å². The molecule has 0 spiro atoms. The summed E-state index contributed by atoms with van der Waals surface area (Å²) in [6.07, 6.45) is 7.18. The van der Waals surface area contributed by atoms with E-state index in [0.717, 1.165) is 34.2 Å². The van der Waals surface area contributed by atoms with Crippen LogP contribution in [0.25, 0.3) is 21.9 Å². The van der Waals surface area contributed by atoms with Crippen LogP contribution < -0.4 is 15.8 Å². The molecule has 22 heavy (non-hydrogen) atoms. The summed E-state index contributed by atoms with van der Waals surface area (Å²) < 4.78 is 6.08. The van der Waals surface area contributed by atoms with Crippen LogP contribution in [-0.4, -0.2) is 34.1 Å². The fraction of sp³-hybridized carbons (Fsp3) is 0.375. The molecule has 1 aliphatic rings. The first-order chi connectivity index (χ1) is 10.8. The number of nitrogens with one attached hydrogen (secondary N) is 2. The first-order valence-corrected chi connectivity index (χ1v) is 7.69. The van der Waals surface area contributed by atoms with Gasteiger partial charge in [0, 0.05) is 17.6 Å². The van der Waals surface area contributed by atoms with E-state index in [-0.39, 0.29) is 0 Å². The highest BCUT2D eigenvalue weighted by molar-refractivity contribution is 6.09. The Kier molecular flexibility index (Phi) is 3.31. The van der Waals surface area contributed by atoms with Gasteiger partial charge in [-0.2, -0.15) is 0 Å². The van der Waals surface area contributed by atoms with Gasteiger partial charge < -0.3 is 20.8 Å². The number of pyridine rings is 2. The maximum absolute atomic E-state index is 6.08. The SMILES string of the molecule is Nc1cc2c(cn1)[nH]c1nccc(OC[C@@H]3CCCCN3)c12.